The van der Waals surface area contributed by atoms with E-state index in [-0.39, 0.29) is 12.5 Å². The van der Waals surface area contributed by atoms with Crippen molar-refractivity contribution in [2.75, 3.05) is 0 Å². The number of halogens is 1. The quantitative estimate of drug-likeness (QED) is 0.621. The number of nitrogens with zero attached hydrogens (tertiary/aromatic N) is 4. The summed E-state index contributed by atoms with van der Waals surface area (Å²) in [4.78, 5) is 12.2. The van der Waals surface area contributed by atoms with Crippen molar-refractivity contribution in [3.8, 4) is 0 Å². The Kier molecular flexibility index (Phi) is 3.66. The Morgan fingerprint density at radius 1 is 1.08 bits per heavy atom. The zero-order chi connectivity index (χ0) is 16.5. The molecule has 0 fully saturated rings. The van der Waals surface area contributed by atoms with Crippen molar-refractivity contribution >= 4 is 34.1 Å². The van der Waals surface area contributed by atoms with Crippen LogP contribution in [0.1, 0.15) is 5.82 Å². The molecule has 3 aromatic heterocycles. The van der Waals surface area contributed by atoms with Crippen LogP contribution in [0, 0.1) is 0 Å². The van der Waals surface area contributed by atoms with Crippen LogP contribution in [0.5, 0.6) is 0 Å². The molecular weight excluding hydrogens is 326 g/mol. The Labute approximate surface area is 142 Å². The maximum atomic E-state index is 12.2. The molecule has 0 bridgehead atoms. The van der Waals surface area contributed by atoms with Crippen LogP contribution in [0.4, 0.5) is 0 Å². The number of carbonyl (C=O) groups is 1. The number of amides is 1. The lowest BCUT2D eigenvalue weighted by Gasteiger charge is -2.07. The zero-order valence-corrected chi connectivity index (χ0v) is 13.4. The lowest BCUT2D eigenvalue weighted by atomic mass is 10.2. The van der Waals surface area contributed by atoms with Crippen LogP contribution in [0.2, 0.25) is 5.02 Å². The molecule has 6 nitrogen and oxygen atoms in total. The summed E-state index contributed by atoms with van der Waals surface area (Å²) in [6, 6.07) is 13.2. The maximum absolute atomic E-state index is 12.2. The number of fused-ring (bicyclic) bond motifs is 2. The minimum Gasteiger partial charge on any atom is -0.347 e. The molecule has 0 aliphatic heterocycles. The zero-order valence-electron chi connectivity index (χ0n) is 12.7. The number of aromatic nitrogens is 4. The van der Waals surface area contributed by atoms with Crippen molar-refractivity contribution in [3.05, 3.63) is 65.7 Å². The van der Waals surface area contributed by atoms with E-state index in [2.05, 4.69) is 15.5 Å². The van der Waals surface area contributed by atoms with Gasteiger partial charge in [0.05, 0.1) is 6.54 Å². The van der Waals surface area contributed by atoms with Gasteiger partial charge in [-0.2, -0.15) is 0 Å². The Morgan fingerprint density at radius 3 is 2.92 bits per heavy atom. The second-order valence-electron chi connectivity index (χ2n) is 5.44. The third kappa shape index (κ3) is 2.61. The first kappa shape index (κ1) is 14.7. The molecule has 4 aromatic rings. The second-order valence-corrected chi connectivity index (χ2v) is 5.85. The van der Waals surface area contributed by atoms with Crippen molar-refractivity contribution in [1.82, 2.24) is 24.5 Å². The molecule has 4 rings (SSSR count). The highest BCUT2D eigenvalue weighted by atomic mass is 35.5. The Hall–Kier alpha value is -2.86. The van der Waals surface area contributed by atoms with Crippen molar-refractivity contribution in [3.63, 3.8) is 0 Å². The molecule has 1 amide bonds. The van der Waals surface area contributed by atoms with E-state index < -0.39 is 0 Å². The predicted octanol–water partition coefficient (Wildman–Crippen LogP) is 2.65. The van der Waals surface area contributed by atoms with Crippen LogP contribution in [-0.4, -0.2) is 25.1 Å². The maximum Gasteiger partial charge on any atom is 0.240 e. The highest BCUT2D eigenvalue weighted by molar-refractivity contribution is 6.35. The van der Waals surface area contributed by atoms with Gasteiger partial charge in [-0.25, -0.2) is 0 Å². The number of carbonyl (C=O) groups excluding carboxylic acids is 1. The van der Waals surface area contributed by atoms with E-state index in [1.54, 1.807) is 0 Å². The van der Waals surface area contributed by atoms with Crippen molar-refractivity contribution in [2.45, 2.75) is 13.1 Å². The largest absolute Gasteiger partial charge is 0.347 e. The Morgan fingerprint density at radius 2 is 2.00 bits per heavy atom. The van der Waals surface area contributed by atoms with E-state index in [0.29, 0.717) is 17.4 Å². The SMILES string of the molecule is O=C(Cn1ccc2c(Cl)cccc21)NCc1nnc2ccccn12. The van der Waals surface area contributed by atoms with Gasteiger partial charge in [-0.15, -0.1) is 10.2 Å². The van der Waals surface area contributed by atoms with E-state index in [4.69, 9.17) is 11.6 Å². The summed E-state index contributed by atoms with van der Waals surface area (Å²) in [5.74, 6) is 0.597. The molecular formula is C17H14ClN5O. The van der Waals surface area contributed by atoms with Gasteiger partial charge < -0.3 is 9.88 Å². The first-order valence-electron chi connectivity index (χ1n) is 7.51. The Balaban J connectivity index is 1.47. The average molecular weight is 340 g/mol. The summed E-state index contributed by atoms with van der Waals surface area (Å²) in [5, 5.41) is 12.7. The monoisotopic (exact) mass is 339 g/mol. The molecule has 7 heteroatoms. The predicted molar refractivity (Wildman–Crippen MR) is 91.8 cm³/mol. The van der Waals surface area contributed by atoms with Gasteiger partial charge in [0.15, 0.2) is 11.5 Å². The minimum atomic E-state index is -0.0971. The van der Waals surface area contributed by atoms with Crippen molar-refractivity contribution in [1.29, 1.82) is 0 Å². The van der Waals surface area contributed by atoms with Gasteiger partial charge in [-0.05, 0) is 30.3 Å². The molecule has 3 heterocycles. The summed E-state index contributed by atoms with van der Waals surface area (Å²) in [6.45, 7) is 0.546. The molecule has 0 aliphatic carbocycles. The average Bonchev–Trinajstić information content (AvgIpc) is 3.18. The summed E-state index contributed by atoms with van der Waals surface area (Å²) in [6.07, 6.45) is 3.74. The second kappa shape index (κ2) is 5.98. The molecule has 0 atom stereocenters. The van der Waals surface area contributed by atoms with Gasteiger partial charge in [-0.3, -0.25) is 9.20 Å². The number of benzene rings is 1. The molecule has 120 valence electrons. The number of rotatable bonds is 4. The molecule has 1 aromatic carbocycles. The molecule has 0 spiro atoms. The number of nitrogens with one attached hydrogen (secondary N) is 1. The molecule has 0 saturated heterocycles. The number of hydrogen-bond acceptors (Lipinski definition) is 3. The highest BCUT2D eigenvalue weighted by Crippen LogP contribution is 2.24. The standard InChI is InChI=1S/C17H14ClN5O/c18-13-4-3-5-14-12(13)7-9-22(14)11-17(24)19-10-16-21-20-15-6-1-2-8-23(15)16/h1-9H,10-11H2,(H,19,24). The fraction of sp³-hybridized carbons (Fsp3) is 0.118. The smallest absolute Gasteiger partial charge is 0.240 e. The van der Waals surface area contributed by atoms with E-state index in [9.17, 15) is 4.79 Å². The van der Waals surface area contributed by atoms with Gasteiger partial charge in [0, 0.05) is 28.3 Å². The minimum absolute atomic E-state index is 0.0971. The summed E-state index contributed by atoms with van der Waals surface area (Å²) in [5.41, 5.74) is 1.69. The van der Waals surface area contributed by atoms with Crippen LogP contribution in [0.15, 0.2) is 54.9 Å². The summed E-state index contributed by atoms with van der Waals surface area (Å²) >= 11 is 6.16. The molecule has 0 saturated carbocycles. The van der Waals surface area contributed by atoms with Gasteiger partial charge in [0.25, 0.3) is 0 Å². The van der Waals surface area contributed by atoms with Gasteiger partial charge >= 0.3 is 0 Å². The third-order valence-electron chi connectivity index (χ3n) is 3.90. The van der Waals surface area contributed by atoms with Crippen LogP contribution in [-0.2, 0) is 17.9 Å². The summed E-state index contributed by atoms with van der Waals surface area (Å²) in [7, 11) is 0. The topological polar surface area (TPSA) is 64.2 Å². The third-order valence-corrected chi connectivity index (χ3v) is 4.23. The fourth-order valence-corrected chi connectivity index (χ4v) is 2.96. The van der Waals surface area contributed by atoms with Crippen LogP contribution >= 0.6 is 11.6 Å². The highest BCUT2D eigenvalue weighted by Gasteiger charge is 2.10. The normalized spacial score (nSPS) is 11.2. The number of pyridine rings is 1. The molecule has 1 N–H and O–H groups in total. The van der Waals surface area contributed by atoms with Crippen LogP contribution in [0.3, 0.4) is 0 Å². The van der Waals surface area contributed by atoms with E-state index in [1.165, 1.54) is 0 Å². The number of hydrogen-bond donors (Lipinski definition) is 1. The fourth-order valence-electron chi connectivity index (χ4n) is 2.72. The molecule has 0 aliphatic rings. The molecule has 0 radical (unpaired) electrons. The van der Waals surface area contributed by atoms with E-state index >= 15 is 0 Å². The van der Waals surface area contributed by atoms with Gasteiger partial charge in [0.2, 0.25) is 5.91 Å². The van der Waals surface area contributed by atoms with Gasteiger partial charge in [0.1, 0.15) is 6.54 Å². The lowest BCUT2D eigenvalue weighted by Crippen LogP contribution is -2.27. The van der Waals surface area contributed by atoms with Crippen molar-refractivity contribution < 1.29 is 4.79 Å². The summed E-state index contributed by atoms with van der Waals surface area (Å²) < 4.78 is 3.73. The first-order valence-corrected chi connectivity index (χ1v) is 7.89. The van der Waals surface area contributed by atoms with E-state index in [0.717, 1.165) is 16.6 Å². The van der Waals surface area contributed by atoms with Crippen LogP contribution < -0.4 is 5.32 Å². The lowest BCUT2D eigenvalue weighted by molar-refractivity contribution is -0.121. The van der Waals surface area contributed by atoms with E-state index in [1.807, 2.05) is 63.8 Å². The Bertz CT molecular complexity index is 1040. The van der Waals surface area contributed by atoms with Crippen molar-refractivity contribution in [2.24, 2.45) is 0 Å². The van der Waals surface area contributed by atoms with Crippen LogP contribution in [0.25, 0.3) is 16.6 Å². The van der Waals surface area contributed by atoms with Gasteiger partial charge in [-0.1, -0.05) is 23.7 Å². The molecule has 24 heavy (non-hydrogen) atoms. The first-order chi connectivity index (χ1) is 11.7. The molecule has 0 unspecified atom stereocenters.